The molecule has 0 saturated heterocycles. The number of aromatic nitrogens is 1. The van der Waals surface area contributed by atoms with E-state index in [1.165, 1.54) is 4.88 Å². The standard InChI is InChI=1S/C18H17N3O2S/c1-3-13-6-7-14(24-13)11-20-17(22)16-12(2)23-18(15(16)10-19)21-8-4-5-9-21/h4-9H,3,11H2,1-2H3,(H,20,22). The van der Waals surface area contributed by atoms with Crippen LogP contribution in [0.1, 0.15) is 38.4 Å². The number of carbonyl (C=O) groups is 1. The van der Waals surface area contributed by atoms with Crippen molar-refractivity contribution in [3.63, 3.8) is 0 Å². The summed E-state index contributed by atoms with van der Waals surface area (Å²) < 4.78 is 7.35. The molecule has 0 radical (unpaired) electrons. The molecule has 3 rings (SSSR count). The van der Waals surface area contributed by atoms with Gasteiger partial charge in [0.15, 0.2) is 0 Å². The Morgan fingerprint density at radius 3 is 2.67 bits per heavy atom. The fourth-order valence-electron chi connectivity index (χ4n) is 2.52. The summed E-state index contributed by atoms with van der Waals surface area (Å²) in [6.07, 6.45) is 4.54. The molecule has 6 heteroatoms. The predicted octanol–water partition coefficient (Wildman–Crippen LogP) is 3.80. The summed E-state index contributed by atoms with van der Waals surface area (Å²) in [7, 11) is 0. The van der Waals surface area contributed by atoms with Crippen molar-refractivity contribution in [3.05, 3.63) is 63.3 Å². The van der Waals surface area contributed by atoms with E-state index in [2.05, 4.69) is 24.4 Å². The van der Waals surface area contributed by atoms with Gasteiger partial charge in [-0.15, -0.1) is 11.3 Å². The number of nitrogens with zero attached hydrogens (tertiary/aromatic N) is 2. The molecule has 0 aliphatic carbocycles. The zero-order valence-electron chi connectivity index (χ0n) is 13.5. The molecule has 1 N–H and O–H groups in total. The number of nitriles is 1. The highest BCUT2D eigenvalue weighted by Crippen LogP contribution is 2.25. The Labute approximate surface area is 144 Å². The number of furan rings is 1. The van der Waals surface area contributed by atoms with Gasteiger partial charge in [-0.3, -0.25) is 9.36 Å². The van der Waals surface area contributed by atoms with E-state index >= 15 is 0 Å². The topological polar surface area (TPSA) is 71.0 Å². The summed E-state index contributed by atoms with van der Waals surface area (Å²) in [6, 6.07) is 9.85. The quantitative estimate of drug-likeness (QED) is 0.768. The highest BCUT2D eigenvalue weighted by molar-refractivity contribution is 7.11. The van der Waals surface area contributed by atoms with Crippen molar-refractivity contribution in [2.75, 3.05) is 0 Å². The molecule has 0 unspecified atom stereocenters. The minimum atomic E-state index is -0.294. The SMILES string of the molecule is CCc1ccc(CNC(=O)c2c(C)oc(-n3cccc3)c2C#N)s1. The second kappa shape index (κ2) is 6.77. The second-order valence-electron chi connectivity index (χ2n) is 5.32. The highest BCUT2D eigenvalue weighted by atomic mass is 32.1. The second-order valence-corrected chi connectivity index (χ2v) is 6.57. The summed E-state index contributed by atoms with van der Waals surface area (Å²) in [4.78, 5) is 14.9. The molecule has 0 aliphatic heterocycles. The molecule has 0 aliphatic rings. The lowest BCUT2D eigenvalue weighted by molar-refractivity contribution is 0.0949. The van der Waals surface area contributed by atoms with Gasteiger partial charge in [0.25, 0.3) is 5.91 Å². The Morgan fingerprint density at radius 1 is 1.33 bits per heavy atom. The normalized spacial score (nSPS) is 10.5. The first-order valence-electron chi connectivity index (χ1n) is 7.66. The van der Waals surface area contributed by atoms with Crippen LogP contribution in [0, 0.1) is 18.3 Å². The lowest BCUT2D eigenvalue weighted by Crippen LogP contribution is -2.23. The van der Waals surface area contributed by atoms with Crippen molar-refractivity contribution in [2.24, 2.45) is 0 Å². The van der Waals surface area contributed by atoms with Gasteiger partial charge in [0, 0.05) is 22.1 Å². The van der Waals surface area contributed by atoms with Crippen LogP contribution < -0.4 is 5.32 Å². The Morgan fingerprint density at radius 2 is 2.04 bits per heavy atom. The van der Waals surface area contributed by atoms with E-state index in [1.54, 1.807) is 35.2 Å². The molecule has 0 spiro atoms. The Hall–Kier alpha value is -2.78. The zero-order chi connectivity index (χ0) is 17.1. The van der Waals surface area contributed by atoms with Crippen molar-refractivity contribution in [2.45, 2.75) is 26.8 Å². The average Bonchev–Trinajstić information content (AvgIpc) is 3.31. The Bertz CT molecular complexity index is 897. The van der Waals surface area contributed by atoms with Crippen LogP contribution in [0.5, 0.6) is 0 Å². The smallest absolute Gasteiger partial charge is 0.256 e. The number of aryl methyl sites for hydroxylation is 2. The van der Waals surface area contributed by atoms with E-state index in [4.69, 9.17) is 4.42 Å². The number of thiophene rings is 1. The molecule has 5 nitrogen and oxygen atoms in total. The van der Waals surface area contributed by atoms with Crippen molar-refractivity contribution in [3.8, 4) is 12.0 Å². The fraction of sp³-hybridized carbons (Fsp3) is 0.222. The molecule has 24 heavy (non-hydrogen) atoms. The molecule has 0 atom stereocenters. The number of hydrogen-bond acceptors (Lipinski definition) is 4. The van der Waals surface area contributed by atoms with Crippen LogP contribution >= 0.6 is 11.3 Å². The summed E-state index contributed by atoms with van der Waals surface area (Å²) in [5.74, 6) is 0.514. The minimum Gasteiger partial charge on any atom is -0.443 e. The first-order valence-corrected chi connectivity index (χ1v) is 8.48. The molecule has 3 heterocycles. The molecule has 0 fully saturated rings. The predicted molar refractivity (Wildman–Crippen MR) is 92.4 cm³/mol. The van der Waals surface area contributed by atoms with E-state index in [-0.39, 0.29) is 11.5 Å². The number of carbonyl (C=O) groups excluding carboxylic acids is 1. The average molecular weight is 339 g/mol. The Kier molecular flexibility index (Phi) is 4.54. The maximum Gasteiger partial charge on any atom is 0.256 e. The van der Waals surface area contributed by atoms with Crippen LogP contribution in [-0.4, -0.2) is 10.5 Å². The van der Waals surface area contributed by atoms with Gasteiger partial charge in [0.1, 0.15) is 23.0 Å². The van der Waals surface area contributed by atoms with Gasteiger partial charge < -0.3 is 9.73 Å². The third kappa shape index (κ3) is 2.99. The molecule has 0 aromatic carbocycles. The first kappa shape index (κ1) is 16.1. The summed E-state index contributed by atoms with van der Waals surface area (Å²) in [5.41, 5.74) is 0.551. The largest absolute Gasteiger partial charge is 0.443 e. The number of amides is 1. The van der Waals surface area contributed by atoms with Crippen molar-refractivity contribution in [1.29, 1.82) is 5.26 Å². The van der Waals surface area contributed by atoms with E-state index in [1.807, 2.05) is 18.2 Å². The van der Waals surface area contributed by atoms with Gasteiger partial charge in [-0.1, -0.05) is 6.92 Å². The van der Waals surface area contributed by atoms with Crippen LogP contribution in [0.15, 0.2) is 41.1 Å². The van der Waals surface area contributed by atoms with Gasteiger partial charge in [0.2, 0.25) is 5.88 Å². The zero-order valence-corrected chi connectivity index (χ0v) is 14.3. The maximum absolute atomic E-state index is 12.6. The molecule has 0 saturated carbocycles. The minimum absolute atomic E-state index is 0.252. The van der Waals surface area contributed by atoms with Gasteiger partial charge >= 0.3 is 0 Å². The molecular weight excluding hydrogens is 322 g/mol. The third-order valence-electron chi connectivity index (χ3n) is 3.73. The molecule has 122 valence electrons. The molecular formula is C18H17N3O2S. The van der Waals surface area contributed by atoms with Gasteiger partial charge in [0.05, 0.1) is 6.54 Å². The fourth-order valence-corrected chi connectivity index (χ4v) is 3.42. The van der Waals surface area contributed by atoms with E-state index in [0.29, 0.717) is 23.8 Å². The maximum atomic E-state index is 12.6. The van der Waals surface area contributed by atoms with Crippen LogP contribution in [0.3, 0.4) is 0 Å². The molecule has 1 amide bonds. The third-order valence-corrected chi connectivity index (χ3v) is 4.96. The Balaban J connectivity index is 1.83. The molecule has 0 bridgehead atoms. The van der Waals surface area contributed by atoms with Crippen LogP contribution in [0.4, 0.5) is 0 Å². The summed E-state index contributed by atoms with van der Waals surface area (Å²) in [5, 5.41) is 12.4. The van der Waals surface area contributed by atoms with Crippen molar-refractivity contribution >= 4 is 17.2 Å². The number of nitrogens with one attached hydrogen (secondary N) is 1. The van der Waals surface area contributed by atoms with Crippen LogP contribution in [0.2, 0.25) is 0 Å². The van der Waals surface area contributed by atoms with Gasteiger partial charge in [-0.05, 0) is 37.6 Å². The van der Waals surface area contributed by atoms with Crippen molar-refractivity contribution < 1.29 is 9.21 Å². The molecule has 3 aromatic heterocycles. The van der Waals surface area contributed by atoms with Crippen LogP contribution in [-0.2, 0) is 13.0 Å². The summed E-state index contributed by atoms with van der Waals surface area (Å²) >= 11 is 1.68. The van der Waals surface area contributed by atoms with E-state index in [9.17, 15) is 10.1 Å². The number of hydrogen-bond donors (Lipinski definition) is 1. The van der Waals surface area contributed by atoms with Gasteiger partial charge in [-0.25, -0.2) is 0 Å². The van der Waals surface area contributed by atoms with Gasteiger partial charge in [-0.2, -0.15) is 5.26 Å². The van der Waals surface area contributed by atoms with E-state index < -0.39 is 0 Å². The first-order chi connectivity index (χ1) is 11.6. The summed E-state index contributed by atoms with van der Waals surface area (Å²) in [6.45, 7) is 4.24. The number of rotatable bonds is 5. The van der Waals surface area contributed by atoms with Crippen LogP contribution in [0.25, 0.3) is 5.88 Å². The van der Waals surface area contributed by atoms with Crippen molar-refractivity contribution in [1.82, 2.24) is 9.88 Å². The highest BCUT2D eigenvalue weighted by Gasteiger charge is 2.24. The monoisotopic (exact) mass is 339 g/mol. The van der Waals surface area contributed by atoms with E-state index in [0.717, 1.165) is 11.3 Å². The lowest BCUT2D eigenvalue weighted by Gasteiger charge is -2.03. The molecule has 3 aromatic rings. The lowest BCUT2D eigenvalue weighted by atomic mass is 10.1.